The normalized spacial score (nSPS) is 11.7. The number of carboxylic acid groups (broad SMARTS) is 1. The molecule has 2 amide bonds. The Labute approximate surface area is 109 Å². The van der Waals surface area contributed by atoms with Crippen LogP contribution in [0.5, 0.6) is 0 Å². The predicted octanol–water partition coefficient (Wildman–Crippen LogP) is 1.91. The van der Waals surface area contributed by atoms with Gasteiger partial charge in [0.2, 0.25) is 0 Å². The summed E-state index contributed by atoms with van der Waals surface area (Å²) in [5.74, 6) is -1.10. The smallest absolute Gasteiger partial charge is 0.326 e. The summed E-state index contributed by atoms with van der Waals surface area (Å²) in [6.07, 6.45) is 1.61. The van der Waals surface area contributed by atoms with E-state index in [1.54, 1.807) is 0 Å². The second-order valence-electron chi connectivity index (χ2n) is 3.67. The summed E-state index contributed by atoms with van der Waals surface area (Å²) >= 11 is 1.34. The predicted molar refractivity (Wildman–Crippen MR) is 70.0 cm³/mol. The Bertz CT molecular complexity index is 451. The highest BCUT2D eigenvalue weighted by Crippen LogP contribution is 2.20. The standard InChI is InChI=1S/C11H15N3O3S/c1-4-5-8(9(15)16)13-10(17)14-11-12-6(2)7(3)18-11/h4,8H,1,5H2,2-3H3,(H,15,16)(H2,12,13,14,17). The third-order valence-electron chi connectivity index (χ3n) is 2.25. The van der Waals surface area contributed by atoms with Crippen molar-refractivity contribution in [2.75, 3.05) is 5.32 Å². The molecule has 1 atom stereocenters. The summed E-state index contributed by atoms with van der Waals surface area (Å²) in [5.41, 5.74) is 0.844. The van der Waals surface area contributed by atoms with Crippen molar-refractivity contribution in [3.8, 4) is 0 Å². The molecule has 7 heteroatoms. The summed E-state index contributed by atoms with van der Waals surface area (Å²) in [7, 11) is 0. The summed E-state index contributed by atoms with van der Waals surface area (Å²) < 4.78 is 0. The van der Waals surface area contributed by atoms with Crippen LogP contribution in [0.1, 0.15) is 17.0 Å². The average Bonchev–Trinajstić information content (AvgIpc) is 2.57. The van der Waals surface area contributed by atoms with E-state index < -0.39 is 18.0 Å². The van der Waals surface area contributed by atoms with Gasteiger partial charge in [-0.25, -0.2) is 14.6 Å². The highest BCUT2D eigenvalue weighted by Gasteiger charge is 2.18. The lowest BCUT2D eigenvalue weighted by Crippen LogP contribution is -2.42. The molecule has 1 heterocycles. The molecule has 1 unspecified atom stereocenters. The molecular formula is C11H15N3O3S. The number of anilines is 1. The number of aliphatic carboxylic acids is 1. The number of amides is 2. The number of carbonyl (C=O) groups is 2. The number of carbonyl (C=O) groups excluding carboxylic acids is 1. The Hall–Kier alpha value is -1.89. The maximum Gasteiger partial charge on any atom is 0.326 e. The Morgan fingerprint density at radius 3 is 2.67 bits per heavy atom. The monoisotopic (exact) mass is 269 g/mol. The zero-order valence-corrected chi connectivity index (χ0v) is 11.0. The largest absolute Gasteiger partial charge is 0.480 e. The number of urea groups is 1. The zero-order valence-electron chi connectivity index (χ0n) is 10.2. The van der Waals surface area contributed by atoms with Crippen LogP contribution in [0.3, 0.4) is 0 Å². The van der Waals surface area contributed by atoms with Crippen LogP contribution in [0.4, 0.5) is 9.93 Å². The van der Waals surface area contributed by atoms with Crippen molar-refractivity contribution in [1.82, 2.24) is 10.3 Å². The fourth-order valence-corrected chi connectivity index (χ4v) is 2.02. The van der Waals surface area contributed by atoms with Gasteiger partial charge >= 0.3 is 12.0 Å². The second-order valence-corrected chi connectivity index (χ2v) is 4.88. The van der Waals surface area contributed by atoms with Gasteiger partial charge in [0, 0.05) is 4.88 Å². The molecule has 0 bridgehead atoms. The molecule has 0 spiro atoms. The molecule has 1 rings (SSSR count). The summed E-state index contributed by atoms with van der Waals surface area (Å²) in [5, 5.41) is 14.2. The number of nitrogens with one attached hydrogen (secondary N) is 2. The fourth-order valence-electron chi connectivity index (χ4n) is 1.21. The molecule has 98 valence electrons. The maximum atomic E-state index is 11.6. The molecule has 0 saturated carbocycles. The van der Waals surface area contributed by atoms with E-state index in [1.165, 1.54) is 17.4 Å². The Morgan fingerprint density at radius 2 is 2.22 bits per heavy atom. The molecule has 0 radical (unpaired) electrons. The minimum atomic E-state index is -1.10. The number of hydrogen-bond donors (Lipinski definition) is 3. The SMILES string of the molecule is C=CCC(NC(=O)Nc1nc(C)c(C)s1)C(=O)O. The molecule has 1 aromatic rings. The number of hydrogen-bond acceptors (Lipinski definition) is 4. The fraction of sp³-hybridized carbons (Fsp3) is 0.364. The van der Waals surface area contributed by atoms with Crippen molar-refractivity contribution < 1.29 is 14.7 Å². The van der Waals surface area contributed by atoms with Gasteiger partial charge in [-0.2, -0.15) is 0 Å². The van der Waals surface area contributed by atoms with Gasteiger partial charge in [-0.05, 0) is 20.3 Å². The van der Waals surface area contributed by atoms with Crippen molar-refractivity contribution in [2.24, 2.45) is 0 Å². The van der Waals surface area contributed by atoms with Crippen LogP contribution in [0.15, 0.2) is 12.7 Å². The van der Waals surface area contributed by atoms with Gasteiger partial charge in [0.05, 0.1) is 5.69 Å². The van der Waals surface area contributed by atoms with E-state index in [9.17, 15) is 9.59 Å². The Kier molecular flexibility index (Phi) is 4.85. The molecule has 0 aliphatic heterocycles. The van der Waals surface area contributed by atoms with Crippen LogP contribution in [0.25, 0.3) is 0 Å². The lowest BCUT2D eigenvalue weighted by Gasteiger charge is -2.12. The van der Waals surface area contributed by atoms with Crippen molar-refractivity contribution in [1.29, 1.82) is 0 Å². The molecule has 0 fully saturated rings. The van der Waals surface area contributed by atoms with Crippen LogP contribution in [-0.4, -0.2) is 28.1 Å². The van der Waals surface area contributed by atoms with E-state index in [2.05, 4.69) is 22.2 Å². The number of rotatable bonds is 5. The molecule has 1 aromatic heterocycles. The van der Waals surface area contributed by atoms with Gasteiger partial charge in [0.1, 0.15) is 6.04 Å². The molecule has 0 aliphatic rings. The van der Waals surface area contributed by atoms with E-state index in [-0.39, 0.29) is 6.42 Å². The maximum absolute atomic E-state index is 11.6. The summed E-state index contributed by atoms with van der Waals surface area (Å²) in [6, 6.07) is -1.57. The summed E-state index contributed by atoms with van der Waals surface area (Å²) in [6.45, 7) is 7.18. The van der Waals surface area contributed by atoms with Crippen LogP contribution in [0, 0.1) is 13.8 Å². The topological polar surface area (TPSA) is 91.3 Å². The molecule has 0 aromatic carbocycles. The first-order valence-electron chi connectivity index (χ1n) is 5.29. The first-order valence-corrected chi connectivity index (χ1v) is 6.11. The van der Waals surface area contributed by atoms with E-state index in [0.29, 0.717) is 5.13 Å². The van der Waals surface area contributed by atoms with Crippen LogP contribution >= 0.6 is 11.3 Å². The third-order valence-corrected chi connectivity index (χ3v) is 3.24. The van der Waals surface area contributed by atoms with Gasteiger partial charge in [-0.15, -0.1) is 17.9 Å². The van der Waals surface area contributed by atoms with Gasteiger partial charge in [0.25, 0.3) is 0 Å². The number of thiazole rings is 1. The minimum absolute atomic E-state index is 0.165. The molecule has 0 saturated heterocycles. The lowest BCUT2D eigenvalue weighted by atomic mass is 10.2. The highest BCUT2D eigenvalue weighted by molar-refractivity contribution is 7.15. The molecule has 3 N–H and O–H groups in total. The number of aryl methyl sites for hydroxylation is 2. The zero-order chi connectivity index (χ0) is 13.7. The third kappa shape index (κ3) is 3.85. The first-order chi connectivity index (χ1) is 8.43. The van der Waals surface area contributed by atoms with Crippen LogP contribution in [-0.2, 0) is 4.79 Å². The van der Waals surface area contributed by atoms with E-state index in [0.717, 1.165) is 10.6 Å². The van der Waals surface area contributed by atoms with Gasteiger partial charge < -0.3 is 10.4 Å². The highest BCUT2D eigenvalue weighted by atomic mass is 32.1. The van der Waals surface area contributed by atoms with Crippen LogP contribution in [0.2, 0.25) is 0 Å². The van der Waals surface area contributed by atoms with Gasteiger partial charge in [0.15, 0.2) is 5.13 Å². The van der Waals surface area contributed by atoms with Crippen molar-refractivity contribution in [3.63, 3.8) is 0 Å². The molecule has 0 aliphatic carbocycles. The molecule has 18 heavy (non-hydrogen) atoms. The quantitative estimate of drug-likeness (QED) is 0.712. The van der Waals surface area contributed by atoms with Crippen LogP contribution < -0.4 is 10.6 Å². The number of nitrogens with zero attached hydrogens (tertiary/aromatic N) is 1. The lowest BCUT2D eigenvalue weighted by molar-refractivity contribution is -0.139. The number of carboxylic acids is 1. The number of aromatic nitrogens is 1. The average molecular weight is 269 g/mol. The molecule has 6 nitrogen and oxygen atoms in total. The van der Waals surface area contributed by atoms with Crippen molar-refractivity contribution >= 4 is 28.5 Å². The van der Waals surface area contributed by atoms with E-state index in [4.69, 9.17) is 5.11 Å². The van der Waals surface area contributed by atoms with E-state index >= 15 is 0 Å². The van der Waals surface area contributed by atoms with Gasteiger partial charge in [-0.1, -0.05) is 6.08 Å². The van der Waals surface area contributed by atoms with E-state index in [1.807, 2.05) is 13.8 Å². The van der Waals surface area contributed by atoms with Crippen molar-refractivity contribution in [2.45, 2.75) is 26.3 Å². The first kappa shape index (κ1) is 14.2. The minimum Gasteiger partial charge on any atom is -0.480 e. The second kappa shape index (κ2) is 6.15. The Balaban J connectivity index is 2.60. The van der Waals surface area contributed by atoms with Gasteiger partial charge in [-0.3, -0.25) is 5.32 Å². The Morgan fingerprint density at radius 1 is 1.56 bits per heavy atom. The molecular weight excluding hydrogens is 254 g/mol. The van der Waals surface area contributed by atoms with Crippen molar-refractivity contribution in [3.05, 3.63) is 23.2 Å². The summed E-state index contributed by atoms with van der Waals surface area (Å²) in [4.78, 5) is 27.5.